The van der Waals surface area contributed by atoms with Gasteiger partial charge in [-0.25, -0.2) is 14.4 Å². The van der Waals surface area contributed by atoms with Crippen molar-refractivity contribution in [1.29, 1.82) is 0 Å². The Kier molecular flexibility index (Phi) is 5.38. The molecule has 1 atom stereocenters. The molecule has 1 saturated heterocycles. The van der Waals surface area contributed by atoms with Gasteiger partial charge in [0.25, 0.3) is 0 Å². The number of aromatic nitrogens is 2. The molecule has 0 radical (unpaired) electrons. The molecule has 1 aromatic heterocycles. The van der Waals surface area contributed by atoms with E-state index in [-0.39, 0.29) is 17.6 Å². The molecule has 1 amide bonds. The highest BCUT2D eigenvalue weighted by molar-refractivity contribution is 5.93. The maximum absolute atomic E-state index is 13.8. The number of anilines is 2. The van der Waals surface area contributed by atoms with Crippen molar-refractivity contribution in [1.82, 2.24) is 9.97 Å². The van der Waals surface area contributed by atoms with E-state index in [4.69, 9.17) is 14.5 Å². The summed E-state index contributed by atoms with van der Waals surface area (Å²) in [6.07, 6.45) is 3.85. The Morgan fingerprint density at radius 1 is 1.36 bits per heavy atom. The summed E-state index contributed by atoms with van der Waals surface area (Å²) in [5.41, 5.74) is 2.44. The summed E-state index contributed by atoms with van der Waals surface area (Å²) in [6, 6.07) is 4.40. The molecule has 2 aliphatic rings. The summed E-state index contributed by atoms with van der Waals surface area (Å²) in [5.74, 6) is 0.0813. The molecule has 0 spiro atoms. The first kappa shape index (κ1) is 18.6. The second kappa shape index (κ2) is 8.10. The highest BCUT2D eigenvalue weighted by Crippen LogP contribution is 2.27. The van der Waals surface area contributed by atoms with Gasteiger partial charge in [-0.1, -0.05) is 0 Å². The van der Waals surface area contributed by atoms with Crippen LogP contribution >= 0.6 is 0 Å². The Bertz CT molecular complexity index is 871. The van der Waals surface area contributed by atoms with E-state index < -0.39 is 5.82 Å². The number of benzene rings is 1. The van der Waals surface area contributed by atoms with Crippen LogP contribution in [0.1, 0.15) is 17.7 Å². The van der Waals surface area contributed by atoms with Crippen molar-refractivity contribution in [2.24, 2.45) is 5.92 Å². The van der Waals surface area contributed by atoms with Gasteiger partial charge in [0.1, 0.15) is 0 Å². The third-order valence-corrected chi connectivity index (χ3v) is 5.22. The molecule has 8 heteroatoms. The maximum atomic E-state index is 13.8. The number of nitrogens with zero attached hydrogens (tertiary/aromatic N) is 3. The number of amides is 1. The lowest BCUT2D eigenvalue weighted by Gasteiger charge is -2.28. The maximum Gasteiger partial charge on any atom is 0.227 e. The number of fused-ring (bicyclic) bond motifs is 1. The van der Waals surface area contributed by atoms with Crippen LogP contribution in [0.4, 0.5) is 16.0 Å². The predicted octanol–water partition coefficient (Wildman–Crippen LogP) is 2.20. The standard InChI is InChI=1S/C20H23FN4O3/c1-27-18-5-3-15(11-16(18)21)23-19(26)13-2-4-17-14(10-13)12-22-20(24-17)25-6-8-28-9-7-25/h3,5,11-13H,2,4,6-10H2,1H3,(H,23,26)/t13-/m1/s1. The van der Waals surface area contributed by atoms with Crippen molar-refractivity contribution >= 4 is 17.5 Å². The summed E-state index contributed by atoms with van der Waals surface area (Å²) < 4.78 is 24.1. The van der Waals surface area contributed by atoms with Crippen molar-refractivity contribution in [3.8, 4) is 5.75 Å². The molecule has 0 unspecified atom stereocenters. The Balaban J connectivity index is 1.42. The van der Waals surface area contributed by atoms with Crippen LogP contribution < -0.4 is 15.0 Å². The van der Waals surface area contributed by atoms with Crippen LogP contribution in [0.2, 0.25) is 0 Å². The molecule has 2 aromatic rings. The van der Waals surface area contributed by atoms with Crippen LogP contribution in [0, 0.1) is 11.7 Å². The number of carbonyl (C=O) groups excluding carboxylic acids is 1. The van der Waals surface area contributed by atoms with Gasteiger partial charge in [-0.3, -0.25) is 4.79 Å². The molecule has 2 heterocycles. The Morgan fingerprint density at radius 2 is 2.18 bits per heavy atom. The van der Waals surface area contributed by atoms with Gasteiger partial charge < -0.3 is 19.7 Å². The van der Waals surface area contributed by atoms with Crippen molar-refractivity contribution in [3.63, 3.8) is 0 Å². The van der Waals surface area contributed by atoms with Gasteiger partial charge in [0.2, 0.25) is 11.9 Å². The quantitative estimate of drug-likeness (QED) is 0.868. The molecule has 7 nitrogen and oxygen atoms in total. The van der Waals surface area contributed by atoms with Gasteiger partial charge in [0.15, 0.2) is 11.6 Å². The van der Waals surface area contributed by atoms with Crippen LogP contribution in [0.5, 0.6) is 5.75 Å². The van der Waals surface area contributed by atoms with E-state index in [1.165, 1.54) is 19.2 Å². The molecular formula is C20H23FN4O3. The fourth-order valence-corrected chi connectivity index (χ4v) is 3.62. The first-order chi connectivity index (χ1) is 13.6. The van der Waals surface area contributed by atoms with E-state index >= 15 is 0 Å². The van der Waals surface area contributed by atoms with Crippen LogP contribution in [0.3, 0.4) is 0 Å². The zero-order valence-corrected chi connectivity index (χ0v) is 15.8. The fraction of sp³-hybridized carbons (Fsp3) is 0.450. The lowest BCUT2D eigenvalue weighted by Crippen LogP contribution is -2.38. The zero-order chi connectivity index (χ0) is 19.5. The number of morpholine rings is 1. The third kappa shape index (κ3) is 3.91. The highest BCUT2D eigenvalue weighted by Gasteiger charge is 2.27. The average Bonchev–Trinajstić information content (AvgIpc) is 2.73. The minimum atomic E-state index is -0.502. The largest absolute Gasteiger partial charge is 0.494 e. The van der Waals surface area contributed by atoms with Gasteiger partial charge in [0.05, 0.1) is 20.3 Å². The van der Waals surface area contributed by atoms with E-state index in [9.17, 15) is 9.18 Å². The summed E-state index contributed by atoms with van der Waals surface area (Å²) in [4.78, 5) is 24.0. The molecule has 1 aliphatic heterocycles. The minimum absolute atomic E-state index is 0.118. The lowest BCUT2D eigenvalue weighted by molar-refractivity contribution is -0.120. The Labute approximate surface area is 162 Å². The SMILES string of the molecule is COc1ccc(NC(=O)[C@@H]2CCc3nc(N4CCOCC4)ncc3C2)cc1F. The van der Waals surface area contributed by atoms with Crippen LogP contribution in [-0.4, -0.2) is 49.3 Å². The predicted molar refractivity (Wildman–Crippen MR) is 102 cm³/mol. The molecule has 1 aromatic carbocycles. The molecule has 1 fully saturated rings. The number of nitrogens with one attached hydrogen (secondary N) is 1. The molecule has 1 N–H and O–H groups in total. The van der Waals surface area contributed by atoms with Crippen molar-refractivity contribution in [3.05, 3.63) is 41.5 Å². The van der Waals surface area contributed by atoms with Gasteiger partial charge in [-0.05, 0) is 37.0 Å². The molecule has 1 aliphatic carbocycles. The van der Waals surface area contributed by atoms with Crippen LogP contribution in [-0.2, 0) is 22.4 Å². The summed E-state index contributed by atoms with van der Waals surface area (Å²) in [6.45, 7) is 2.97. The Hall–Kier alpha value is -2.74. The van der Waals surface area contributed by atoms with Crippen molar-refractivity contribution in [2.45, 2.75) is 19.3 Å². The molecule has 4 rings (SSSR count). The smallest absolute Gasteiger partial charge is 0.227 e. The summed E-state index contributed by atoms with van der Waals surface area (Å²) in [5, 5.41) is 2.80. The number of ether oxygens (including phenoxy) is 2. The second-order valence-electron chi connectivity index (χ2n) is 7.02. The van der Waals surface area contributed by atoms with Crippen LogP contribution in [0.25, 0.3) is 0 Å². The molecular weight excluding hydrogens is 363 g/mol. The fourth-order valence-electron chi connectivity index (χ4n) is 3.62. The highest BCUT2D eigenvalue weighted by atomic mass is 19.1. The van der Waals surface area contributed by atoms with Crippen molar-refractivity contribution < 1.29 is 18.7 Å². The monoisotopic (exact) mass is 386 g/mol. The van der Waals surface area contributed by atoms with E-state index in [0.29, 0.717) is 31.7 Å². The first-order valence-corrected chi connectivity index (χ1v) is 9.46. The van der Waals surface area contributed by atoms with Crippen LogP contribution in [0.15, 0.2) is 24.4 Å². The second-order valence-corrected chi connectivity index (χ2v) is 7.02. The number of methoxy groups -OCH3 is 1. The number of aryl methyl sites for hydroxylation is 1. The average molecular weight is 386 g/mol. The normalized spacial score (nSPS) is 19.1. The van der Waals surface area contributed by atoms with E-state index in [2.05, 4.69) is 15.2 Å². The number of carbonyl (C=O) groups is 1. The summed E-state index contributed by atoms with van der Waals surface area (Å²) in [7, 11) is 1.41. The van der Waals surface area contributed by atoms with Gasteiger partial charge in [-0.2, -0.15) is 0 Å². The Morgan fingerprint density at radius 3 is 2.93 bits per heavy atom. The topological polar surface area (TPSA) is 76.6 Å². The molecule has 148 valence electrons. The first-order valence-electron chi connectivity index (χ1n) is 9.46. The molecule has 28 heavy (non-hydrogen) atoms. The van der Waals surface area contributed by atoms with E-state index in [1.807, 2.05) is 6.20 Å². The zero-order valence-electron chi connectivity index (χ0n) is 15.8. The van der Waals surface area contributed by atoms with E-state index in [0.717, 1.165) is 36.7 Å². The number of hydrogen-bond donors (Lipinski definition) is 1. The van der Waals surface area contributed by atoms with Crippen molar-refractivity contribution in [2.75, 3.05) is 43.6 Å². The molecule has 0 saturated carbocycles. The van der Waals surface area contributed by atoms with Gasteiger partial charge in [0, 0.05) is 42.7 Å². The number of rotatable bonds is 4. The number of halogens is 1. The lowest BCUT2D eigenvalue weighted by atomic mass is 9.86. The minimum Gasteiger partial charge on any atom is -0.494 e. The van der Waals surface area contributed by atoms with Gasteiger partial charge >= 0.3 is 0 Å². The summed E-state index contributed by atoms with van der Waals surface area (Å²) >= 11 is 0. The van der Waals surface area contributed by atoms with Gasteiger partial charge in [-0.15, -0.1) is 0 Å². The molecule has 0 bridgehead atoms. The van der Waals surface area contributed by atoms with E-state index in [1.54, 1.807) is 6.07 Å². The third-order valence-electron chi connectivity index (χ3n) is 5.22. The number of hydrogen-bond acceptors (Lipinski definition) is 6.